The lowest BCUT2D eigenvalue weighted by Crippen LogP contribution is -2.24. The van der Waals surface area contributed by atoms with Gasteiger partial charge in [-0.2, -0.15) is 0 Å². The van der Waals surface area contributed by atoms with Crippen molar-refractivity contribution in [2.45, 2.75) is 26.1 Å². The quantitative estimate of drug-likeness (QED) is 0.889. The van der Waals surface area contributed by atoms with E-state index >= 15 is 0 Å². The van der Waals surface area contributed by atoms with Gasteiger partial charge in [0.1, 0.15) is 0 Å². The molecule has 0 radical (unpaired) electrons. The monoisotopic (exact) mass is 273 g/mol. The van der Waals surface area contributed by atoms with Crippen molar-refractivity contribution < 1.29 is 9.90 Å². The van der Waals surface area contributed by atoms with Gasteiger partial charge in [-0.25, -0.2) is 9.48 Å². The van der Waals surface area contributed by atoms with Crippen LogP contribution in [0.25, 0.3) is 0 Å². The lowest BCUT2D eigenvalue weighted by Gasteiger charge is -2.19. The Morgan fingerprint density at radius 2 is 2.30 bits per heavy atom. The van der Waals surface area contributed by atoms with E-state index in [2.05, 4.69) is 20.2 Å². The van der Waals surface area contributed by atoms with Gasteiger partial charge in [-0.1, -0.05) is 5.21 Å². The molecule has 0 aromatic carbocycles. The molecule has 0 amide bonds. The highest BCUT2D eigenvalue weighted by Gasteiger charge is 2.18. The molecule has 104 valence electrons. The number of aromatic nitrogens is 4. The minimum absolute atomic E-state index is 0.267. The summed E-state index contributed by atoms with van der Waals surface area (Å²) in [5.74, 6) is -0.936. The van der Waals surface area contributed by atoms with Crippen molar-refractivity contribution in [3.63, 3.8) is 0 Å². The number of hydrogen-bond donors (Lipinski definition) is 1. The maximum Gasteiger partial charge on any atom is 0.337 e. The highest BCUT2D eigenvalue weighted by Crippen LogP contribution is 2.15. The van der Waals surface area contributed by atoms with Crippen molar-refractivity contribution in [2.24, 2.45) is 0 Å². The minimum Gasteiger partial charge on any atom is -0.478 e. The van der Waals surface area contributed by atoms with Gasteiger partial charge in [-0.3, -0.25) is 9.88 Å². The maximum absolute atomic E-state index is 11.2. The number of fused-ring (bicyclic) bond motifs is 1. The van der Waals surface area contributed by atoms with Crippen LogP contribution in [0.4, 0.5) is 0 Å². The van der Waals surface area contributed by atoms with E-state index in [1.807, 2.05) is 4.68 Å². The van der Waals surface area contributed by atoms with Gasteiger partial charge in [0.25, 0.3) is 0 Å². The van der Waals surface area contributed by atoms with E-state index in [4.69, 9.17) is 0 Å². The van der Waals surface area contributed by atoms with Gasteiger partial charge in [0.15, 0.2) is 0 Å². The molecule has 20 heavy (non-hydrogen) atoms. The second kappa shape index (κ2) is 5.38. The number of carbonyl (C=O) groups is 1. The average Bonchev–Trinajstić information content (AvgIpc) is 2.78. The summed E-state index contributed by atoms with van der Waals surface area (Å²) in [7, 11) is 0. The molecule has 0 unspecified atom stereocenters. The molecule has 0 saturated carbocycles. The Labute approximate surface area is 115 Å². The molecule has 1 aliphatic rings. The number of aryl methyl sites for hydroxylation is 1. The lowest BCUT2D eigenvalue weighted by molar-refractivity contribution is 0.0693. The molecule has 1 aliphatic heterocycles. The molecule has 7 nitrogen and oxygen atoms in total. The Morgan fingerprint density at radius 1 is 1.40 bits per heavy atom. The third kappa shape index (κ3) is 2.53. The van der Waals surface area contributed by atoms with Crippen LogP contribution in [0.5, 0.6) is 0 Å². The summed E-state index contributed by atoms with van der Waals surface area (Å²) in [6.07, 6.45) is 4.35. The largest absolute Gasteiger partial charge is 0.478 e. The standard InChI is InChI=1S/C13H15N5O2/c19-13(20)11-3-1-4-14-12(11)9-17-5-2-6-18-10(8-17)7-15-16-18/h1,3-4,7H,2,5-6,8-9H2,(H,19,20). The molecule has 0 atom stereocenters. The van der Waals surface area contributed by atoms with Crippen LogP contribution in [0.2, 0.25) is 0 Å². The number of carboxylic acids is 1. The molecular formula is C13H15N5O2. The van der Waals surface area contributed by atoms with Crippen LogP contribution in [0.1, 0.15) is 28.2 Å². The summed E-state index contributed by atoms with van der Waals surface area (Å²) in [5, 5.41) is 17.1. The van der Waals surface area contributed by atoms with Crippen LogP contribution in [0.3, 0.4) is 0 Å². The number of pyridine rings is 1. The van der Waals surface area contributed by atoms with Crippen LogP contribution in [-0.2, 0) is 19.6 Å². The fraction of sp³-hybridized carbons (Fsp3) is 0.385. The van der Waals surface area contributed by atoms with Gasteiger partial charge in [0, 0.05) is 32.4 Å². The second-order valence-corrected chi connectivity index (χ2v) is 4.82. The molecule has 0 aliphatic carbocycles. The Morgan fingerprint density at radius 3 is 3.15 bits per heavy atom. The van der Waals surface area contributed by atoms with Crippen LogP contribution < -0.4 is 0 Å². The normalized spacial score (nSPS) is 15.6. The summed E-state index contributed by atoms with van der Waals surface area (Å²) in [6.45, 7) is 2.97. The van der Waals surface area contributed by atoms with Gasteiger partial charge in [0.2, 0.25) is 0 Å². The van der Waals surface area contributed by atoms with Crippen LogP contribution >= 0.6 is 0 Å². The minimum atomic E-state index is -0.936. The molecular weight excluding hydrogens is 258 g/mol. The number of carboxylic acid groups (broad SMARTS) is 1. The van der Waals surface area contributed by atoms with E-state index in [-0.39, 0.29) is 5.56 Å². The van der Waals surface area contributed by atoms with Crippen molar-refractivity contribution in [3.8, 4) is 0 Å². The third-order valence-electron chi connectivity index (χ3n) is 3.42. The summed E-state index contributed by atoms with van der Waals surface area (Å²) < 4.78 is 1.90. The van der Waals surface area contributed by atoms with Gasteiger partial charge < -0.3 is 5.11 Å². The van der Waals surface area contributed by atoms with E-state index < -0.39 is 5.97 Å². The molecule has 2 aromatic rings. The molecule has 0 bridgehead atoms. The van der Waals surface area contributed by atoms with Crippen molar-refractivity contribution >= 4 is 5.97 Å². The molecule has 0 fully saturated rings. The molecule has 0 saturated heterocycles. The van der Waals surface area contributed by atoms with Crippen LogP contribution in [0.15, 0.2) is 24.5 Å². The highest BCUT2D eigenvalue weighted by molar-refractivity contribution is 5.88. The zero-order valence-corrected chi connectivity index (χ0v) is 10.9. The lowest BCUT2D eigenvalue weighted by atomic mass is 10.2. The third-order valence-corrected chi connectivity index (χ3v) is 3.42. The van der Waals surface area contributed by atoms with Crippen molar-refractivity contribution in [1.82, 2.24) is 24.9 Å². The number of rotatable bonds is 3. The van der Waals surface area contributed by atoms with E-state index in [0.29, 0.717) is 18.8 Å². The molecule has 3 rings (SSSR count). The van der Waals surface area contributed by atoms with E-state index in [1.165, 1.54) is 0 Å². The van der Waals surface area contributed by atoms with Gasteiger partial charge in [-0.15, -0.1) is 5.10 Å². The van der Waals surface area contributed by atoms with Gasteiger partial charge >= 0.3 is 5.97 Å². The van der Waals surface area contributed by atoms with Crippen LogP contribution in [-0.4, -0.2) is 42.5 Å². The molecule has 0 spiro atoms. The fourth-order valence-electron chi connectivity index (χ4n) is 2.45. The first-order valence-electron chi connectivity index (χ1n) is 6.51. The summed E-state index contributed by atoms with van der Waals surface area (Å²) in [4.78, 5) is 17.6. The first-order chi connectivity index (χ1) is 9.74. The average molecular weight is 273 g/mol. The summed E-state index contributed by atoms with van der Waals surface area (Å²) >= 11 is 0. The van der Waals surface area contributed by atoms with Gasteiger partial charge in [0.05, 0.1) is 23.1 Å². The number of aromatic carboxylic acids is 1. The molecule has 2 aromatic heterocycles. The second-order valence-electron chi connectivity index (χ2n) is 4.82. The summed E-state index contributed by atoms with van der Waals surface area (Å²) in [6, 6.07) is 3.24. The first kappa shape index (κ1) is 12.7. The number of hydrogen-bond acceptors (Lipinski definition) is 5. The topological polar surface area (TPSA) is 84.1 Å². The highest BCUT2D eigenvalue weighted by atomic mass is 16.4. The fourth-order valence-corrected chi connectivity index (χ4v) is 2.45. The maximum atomic E-state index is 11.2. The predicted octanol–water partition coefficient (Wildman–Crippen LogP) is 0.777. The smallest absolute Gasteiger partial charge is 0.337 e. The van der Waals surface area contributed by atoms with E-state index in [0.717, 1.165) is 25.2 Å². The zero-order chi connectivity index (χ0) is 13.9. The molecule has 3 heterocycles. The van der Waals surface area contributed by atoms with Crippen molar-refractivity contribution in [2.75, 3.05) is 6.54 Å². The Bertz CT molecular complexity index is 625. The Kier molecular flexibility index (Phi) is 3.42. The molecule has 1 N–H and O–H groups in total. The van der Waals surface area contributed by atoms with E-state index in [9.17, 15) is 9.90 Å². The zero-order valence-electron chi connectivity index (χ0n) is 10.9. The predicted molar refractivity (Wildman–Crippen MR) is 69.9 cm³/mol. The van der Waals surface area contributed by atoms with Crippen molar-refractivity contribution in [1.29, 1.82) is 0 Å². The van der Waals surface area contributed by atoms with Crippen LogP contribution in [0, 0.1) is 0 Å². The van der Waals surface area contributed by atoms with E-state index in [1.54, 1.807) is 24.5 Å². The Balaban J connectivity index is 1.80. The number of nitrogens with zero attached hydrogens (tertiary/aromatic N) is 5. The molecule has 7 heteroatoms. The van der Waals surface area contributed by atoms with Gasteiger partial charge in [-0.05, 0) is 18.6 Å². The SMILES string of the molecule is O=C(O)c1cccnc1CN1CCCn2nncc2C1. The first-order valence-corrected chi connectivity index (χ1v) is 6.51. The Hall–Kier alpha value is -2.28. The van der Waals surface area contributed by atoms with Crippen molar-refractivity contribution in [3.05, 3.63) is 41.5 Å². The summed E-state index contributed by atoms with van der Waals surface area (Å²) in [5.41, 5.74) is 1.92.